The van der Waals surface area contributed by atoms with Crippen molar-refractivity contribution in [2.75, 3.05) is 19.7 Å². The SMILES string of the molecule is CCC[C@@H](NC(=O)OCC1c2ccccc2-c2ccccc21)C(=O)N1CC=C(C(=O)O)CC1. The molecule has 1 heterocycles. The van der Waals surface area contributed by atoms with Crippen LogP contribution in [-0.2, 0) is 14.3 Å². The number of rotatable bonds is 7. The Balaban J connectivity index is 1.39. The van der Waals surface area contributed by atoms with Crippen LogP contribution in [0.5, 0.6) is 0 Å². The Labute approximate surface area is 193 Å². The summed E-state index contributed by atoms with van der Waals surface area (Å²) < 4.78 is 5.59. The fourth-order valence-electron chi connectivity index (χ4n) is 4.61. The molecule has 1 aliphatic carbocycles. The van der Waals surface area contributed by atoms with E-state index in [-0.39, 0.29) is 25.0 Å². The third kappa shape index (κ3) is 4.77. The molecule has 0 saturated heterocycles. The molecule has 172 valence electrons. The van der Waals surface area contributed by atoms with E-state index in [2.05, 4.69) is 29.6 Å². The normalized spacial score (nSPS) is 15.8. The lowest BCUT2D eigenvalue weighted by Gasteiger charge is -2.29. The van der Waals surface area contributed by atoms with Gasteiger partial charge in [0.05, 0.1) is 0 Å². The largest absolute Gasteiger partial charge is 0.478 e. The van der Waals surface area contributed by atoms with Crippen molar-refractivity contribution in [3.05, 3.63) is 71.3 Å². The molecule has 0 saturated carbocycles. The number of alkyl carbamates (subject to hydrolysis) is 1. The van der Waals surface area contributed by atoms with Gasteiger partial charge >= 0.3 is 12.1 Å². The minimum absolute atomic E-state index is 0.0508. The quantitative estimate of drug-likeness (QED) is 0.669. The summed E-state index contributed by atoms with van der Waals surface area (Å²) in [6.45, 7) is 2.68. The van der Waals surface area contributed by atoms with Gasteiger partial charge in [0.25, 0.3) is 0 Å². The van der Waals surface area contributed by atoms with E-state index in [1.165, 1.54) is 0 Å². The first kappa shape index (κ1) is 22.6. The number of hydrogen-bond acceptors (Lipinski definition) is 4. The highest BCUT2D eigenvalue weighted by Crippen LogP contribution is 2.44. The number of carbonyl (C=O) groups is 3. The molecule has 2 aliphatic rings. The number of carboxylic acids is 1. The highest BCUT2D eigenvalue weighted by Gasteiger charge is 2.31. The van der Waals surface area contributed by atoms with Crippen molar-refractivity contribution in [1.29, 1.82) is 0 Å². The van der Waals surface area contributed by atoms with Crippen LogP contribution in [0.2, 0.25) is 0 Å². The first-order valence-corrected chi connectivity index (χ1v) is 11.3. The molecule has 7 nitrogen and oxygen atoms in total. The van der Waals surface area contributed by atoms with Gasteiger partial charge in [0.15, 0.2) is 0 Å². The average Bonchev–Trinajstić information content (AvgIpc) is 3.16. The minimum atomic E-state index is -0.955. The molecule has 33 heavy (non-hydrogen) atoms. The molecule has 0 unspecified atom stereocenters. The third-order valence-corrected chi connectivity index (χ3v) is 6.31. The topological polar surface area (TPSA) is 95.9 Å². The van der Waals surface area contributed by atoms with Gasteiger partial charge in [0.2, 0.25) is 5.91 Å². The number of ether oxygens (including phenoxy) is 1. The monoisotopic (exact) mass is 448 g/mol. The zero-order valence-corrected chi connectivity index (χ0v) is 18.6. The fraction of sp³-hybridized carbons (Fsp3) is 0.346. The molecular formula is C26H28N2O5. The second-order valence-corrected chi connectivity index (χ2v) is 8.38. The highest BCUT2D eigenvalue weighted by atomic mass is 16.5. The lowest BCUT2D eigenvalue weighted by molar-refractivity contribution is -0.135. The van der Waals surface area contributed by atoms with Crippen LogP contribution in [0.1, 0.15) is 43.2 Å². The first-order chi connectivity index (χ1) is 16.0. The molecule has 0 bridgehead atoms. The summed E-state index contributed by atoms with van der Waals surface area (Å²) in [7, 11) is 0. The summed E-state index contributed by atoms with van der Waals surface area (Å²) in [6, 6.07) is 15.5. The summed E-state index contributed by atoms with van der Waals surface area (Å²) in [5.41, 5.74) is 4.87. The van der Waals surface area contributed by atoms with E-state index >= 15 is 0 Å². The number of nitrogens with zero attached hydrogens (tertiary/aromatic N) is 1. The predicted molar refractivity (Wildman–Crippen MR) is 124 cm³/mol. The fourth-order valence-corrected chi connectivity index (χ4v) is 4.61. The minimum Gasteiger partial charge on any atom is -0.478 e. The Morgan fingerprint density at radius 2 is 1.73 bits per heavy atom. The van der Waals surface area contributed by atoms with Gasteiger partial charge in [-0.05, 0) is 35.1 Å². The van der Waals surface area contributed by atoms with E-state index in [1.54, 1.807) is 11.0 Å². The second-order valence-electron chi connectivity index (χ2n) is 8.38. The van der Waals surface area contributed by atoms with E-state index in [0.29, 0.717) is 31.4 Å². The van der Waals surface area contributed by atoms with E-state index < -0.39 is 18.1 Å². The zero-order chi connectivity index (χ0) is 23.4. The van der Waals surface area contributed by atoms with Gasteiger partial charge in [0.1, 0.15) is 12.6 Å². The number of benzene rings is 2. The lowest BCUT2D eigenvalue weighted by Crippen LogP contribution is -2.50. The Kier molecular flexibility index (Phi) is 6.77. The number of amides is 2. The van der Waals surface area contributed by atoms with Crippen molar-refractivity contribution in [3.63, 3.8) is 0 Å². The molecule has 2 amide bonds. The molecule has 1 aliphatic heterocycles. The molecule has 7 heteroatoms. The van der Waals surface area contributed by atoms with E-state index in [0.717, 1.165) is 22.3 Å². The van der Waals surface area contributed by atoms with E-state index in [1.807, 2.05) is 31.2 Å². The second kappa shape index (κ2) is 9.90. The van der Waals surface area contributed by atoms with E-state index in [9.17, 15) is 14.4 Å². The summed E-state index contributed by atoms with van der Waals surface area (Å²) in [4.78, 5) is 38.3. The van der Waals surface area contributed by atoms with Gasteiger partial charge in [-0.15, -0.1) is 0 Å². The molecule has 2 aromatic carbocycles. The van der Waals surface area contributed by atoms with Crippen LogP contribution in [0.4, 0.5) is 4.79 Å². The average molecular weight is 449 g/mol. The molecule has 0 radical (unpaired) electrons. The van der Waals surface area contributed by atoms with Gasteiger partial charge in [-0.2, -0.15) is 0 Å². The molecule has 0 aromatic heterocycles. The van der Waals surface area contributed by atoms with Crippen molar-refractivity contribution in [2.24, 2.45) is 0 Å². The van der Waals surface area contributed by atoms with Gasteiger partial charge in [-0.25, -0.2) is 9.59 Å². The molecule has 2 aromatic rings. The van der Waals surface area contributed by atoms with Crippen LogP contribution < -0.4 is 5.32 Å². The van der Waals surface area contributed by atoms with Crippen molar-refractivity contribution < 1.29 is 24.2 Å². The first-order valence-electron chi connectivity index (χ1n) is 11.3. The number of fused-ring (bicyclic) bond motifs is 3. The molecular weight excluding hydrogens is 420 g/mol. The van der Waals surface area contributed by atoms with Crippen LogP contribution in [0.15, 0.2) is 60.2 Å². The molecule has 0 fully saturated rings. The third-order valence-electron chi connectivity index (χ3n) is 6.31. The summed E-state index contributed by atoms with van der Waals surface area (Å²) in [5, 5.41) is 11.8. The van der Waals surface area contributed by atoms with E-state index in [4.69, 9.17) is 9.84 Å². The van der Waals surface area contributed by atoms with Crippen LogP contribution in [-0.4, -0.2) is 53.7 Å². The number of carbonyl (C=O) groups excluding carboxylic acids is 2. The summed E-state index contributed by atoms with van der Waals surface area (Å²) >= 11 is 0. The van der Waals surface area contributed by atoms with Crippen molar-refractivity contribution in [3.8, 4) is 11.1 Å². The summed E-state index contributed by atoms with van der Waals surface area (Å²) in [5.74, 6) is -1.22. The highest BCUT2D eigenvalue weighted by molar-refractivity contribution is 5.89. The van der Waals surface area contributed by atoms with Crippen molar-refractivity contribution >= 4 is 18.0 Å². The molecule has 4 rings (SSSR count). The lowest BCUT2D eigenvalue weighted by atomic mass is 9.98. The number of carboxylic acid groups (broad SMARTS) is 1. The van der Waals surface area contributed by atoms with Gasteiger partial charge in [-0.1, -0.05) is 68.0 Å². The number of aliphatic carboxylic acids is 1. The Morgan fingerprint density at radius 3 is 2.27 bits per heavy atom. The maximum absolute atomic E-state index is 13.0. The number of hydrogen-bond donors (Lipinski definition) is 2. The van der Waals surface area contributed by atoms with Gasteiger partial charge < -0.3 is 20.1 Å². The molecule has 2 N–H and O–H groups in total. The number of nitrogens with one attached hydrogen (secondary N) is 1. The van der Waals surface area contributed by atoms with Crippen LogP contribution in [0.3, 0.4) is 0 Å². The van der Waals surface area contributed by atoms with Crippen molar-refractivity contribution in [2.45, 2.75) is 38.1 Å². The maximum Gasteiger partial charge on any atom is 0.407 e. The molecule has 0 spiro atoms. The van der Waals surface area contributed by atoms with Gasteiger partial charge in [-0.3, -0.25) is 4.79 Å². The zero-order valence-electron chi connectivity index (χ0n) is 18.6. The Hall–Kier alpha value is -3.61. The van der Waals surface area contributed by atoms with Crippen LogP contribution >= 0.6 is 0 Å². The standard InChI is InChI=1S/C26H28N2O5/c1-2-7-23(24(29)28-14-12-17(13-15-28)25(30)31)27-26(32)33-16-22-20-10-5-3-8-18(20)19-9-4-6-11-21(19)22/h3-6,8-12,22-23H,2,7,13-16H2,1H3,(H,27,32)(H,30,31)/t23-/m1/s1. The molecule has 1 atom stereocenters. The Bertz CT molecular complexity index is 1050. The Morgan fingerprint density at radius 1 is 1.09 bits per heavy atom. The van der Waals surface area contributed by atoms with Crippen LogP contribution in [0, 0.1) is 0 Å². The van der Waals surface area contributed by atoms with Gasteiger partial charge in [0, 0.05) is 24.6 Å². The van der Waals surface area contributed by atoms with Crippen LogP contribution in [0.25, 0.3) is 11.1 Å². The summed E-state index contributed by atoms with van der Waals surface area (Å²) in [6.07, 6.45) is 2.42. The predicted octanol–water partition coefficient (Wildman–Crippen LogP) is 3.94. The maximum atomic E-state index is 13.0. The smallest absolute Gasteiger partial charge is 0.407 e. The van der Waals surface area contributed by atoms with Crippen molar-refractivity contribution in [1.82, 2.24) is 10.2 Å².